The van der Waals surface area contributed by atoms with E-state index in [1.165, 1.54) is 6.92 Å². The third-order valence-electron chi connectivity index (χ3n) is 2.03. The third kappa shape index (κ3) is 4.48. The largest absolute Gasteiger partial charge is 0.326 e. The van der Waals surface area contributed by atoms with Crippen molar-refractivity contribution in [1.29, 1.82) is 0 Å². The first kappa shape index (κ1) is 12.1. The van der Waals surface area contributed by atoms with Crippen molar-refractivity contribution in [1.82, 2.24) is 0 Å². The minimum absolute atomic E-state index is 0.0776. The van der Waals surface area contributed by atoms with Crippen molar-refractivity contribution in [3.8, 4) is 0 Å². The van der Waals surface area contributed by atoms with Crippen LogP contribution in [0.2, 0.25) is 0 Å². The molecule has 0 saturated carbocycles. The number of azide groups is 1. The van der Waals surface area contributed by atoms with Gasteiger partial charge in [0.15, 0.2) is 0 Å². The average Bonchev–Trinajstić information content (AvgIpc) is 2.24. The summed E-state index contributed by atoms with van der Waals surface area (Å²) in [6.45, 7) is 1.98. The van der Waals surface area contributed by atoms with Crippen LogP contribution < -0.4 is 5.32 Å². The first-order valence-electron chi connectivity index (χ1n) is 5.10. The summed E-state index contributed by atoms with van der Waals surface area (Å²) in [5.41, 5.74) is 10.0. The monoisotopic (exact) mass is 218 g/mol. The number of carbonyl (C=O) groups excluding carboxylic acids is 1. The number of nitrogens with one attached hydrogen (secondary N) is 1. The highest BCUT2D eigenvalue weighted by Gasteiger charge is 1.97. The van der Waals surface area contributed by atoms with E-state index in [1.54, 1.807) is 0 Å². The smallest absolute Gasteiger partial charge is 0.221 e. The van der Waals surface area contributed by atoms with Gasteiger partial charge in [-0.05, 0) is 36.1 Å². The van der Waals surface area contributed by atoms with Gasteiger partial charge in [-0.3, -0.25) is 4.79 Å². The average molecular weight is 218 g/mol. The molecule has 1 amide bonds. The molecule has 1 aromatic carbocycles. The lowest BCUT2D eigenvalue weighted by atomic mass is 10.1. The number of nitrogens with zero attached hydrogens (tertiary/aromatic N) is 3. The van der Waals surface area contributed by atoms with Crippen molar-refractivity contribution >= 4 is 11.6 Å². The molecule has 0 bridgehead atoms. The Morgan fingerprint density at radius 1 is 1.56 bits per heavy atom. The Labute approximate surface area is 94.1 Å². The fourth-order valence-corrected chi connectivity index (χ4v) is 1.41. The van der Waals surface area contributed by atoms with E-state index in [1.807, 2.05) is 24.3 Å². The fourth-order valence-electron chi connectivity index (χ4n) is 1.41. The third-order valence-corrected chi connectivity index (χ3v) is 2.03. The minimum Gasteiger partial charge on any atom is -0.326 e. The molecule has 0 atom stereocenters. The number of amides is 1. The predicted molar refractivity (Wildman–Crippen MR) is 63.1 cm³/mol. The van der Waals surface area contributed by atoms with Gasteiger partial charge in [-0.25, -0.2) is 0 Å². The number of carbonyl (C=O) groups is 1. The van der Waals surface area contributed by atoms with E-state index in [4.69, 9.17) is 5.53 Å². The van der Waals surface area contributed by atoms with Crippen molar-refractivity contribution in [3.05, 3.63) is 40.3 Å². The zero-order valence-electron chi connectivity index (χ0n) is 9.18. The molecule has 0 heterocycles. The SMILES string of the molecule is CC(=O)Nc1cccc(CCCN=[N+]=[N-])c1. The quantitative estimate of drug-likeness (QED) is 0.350. The molecule has 0 aliphatic rings. The van der Waals surface area contributed by atoms with Gasteiger partial charge in [0.25, 0.3) is 0 Å². The summed E-state index contributed by atoms with van der Waals surface area (Å²) in [5.74, 6) is -0.0776. The molecule has 0 spiro atoms. The lowest BCUT2D eigenvalue weighted by Gasteiger charge is -2.04. The van der Waals surface area contributed by atoms with E-state index in [9.17, 15) is 4.79 Å². The molecule has 1 rings (SSSR count). The molecule has 5 nitrogen and oxygen atoms in total. The fraction of sp³-hybridized carbons (Fsp3) is 0.364. The number of rotatable bonds is 5. The van der Waals surface area contributed by atoms with E-state index in [0.29, 0.717) is 6.54 Å². The van der Waals surface area contributed by atoms with E-state index >= 15 is 0 Å². The van der Waals surface area contributed by atoms with E-state index in [2.05, 4.69) is 15.3 Å². The molecule has 0 aromatic heterocycles. The van der Waals surface area contributed by atoms with Crippen LogP contribution in [0, 0.1) is 0 Å². The van der Waals surface area contributed by atoms with Gasteiger partial charge >= 0.3 is 0 Å². The van der Waals surface area contributed by atoms with Gasteiger partial charge in [-0.2, -0.15) is 0 Å². The van der Waals surface area contributed by atoms with Crippen LogP contribution in [0.4, 0.5) is 5.69 Å². The lowest BCUT2D eigenvalue weighted by Crippen LogP contribution is -2.05. The molecule has 0 aliphatic heterocycles. The maximum absolute atomic E-state index is 10.9. The zero-order chi connectivity index (χ0) is 11.8. The molecule has 5 heteroatoms. The minimum atomic E-state index is -0.0776. The number of anilines is 1. The molecule has 1 N–H and O–H groups in total. The van der Waals surface area contributed by atoms with E-state index < -0.39 is 0 Å². The molecular formula is C11H14N4O. The normalized spacial score (nSPS) is 9.31. The first-order valence-corrected chi connectivity index (χ1v) is 5.10. The molecular weight excluding hydrogens is 204 g/mol. The van der Waals surface area contributed by atoms with Crippen molar-refractivity contribution in [2.24, 2.45) is 5.11 Å². The molecule has 16 heavy (non-hydrogen) atoms. The Morgan fingerprint density at radius 3 is 3.06 bits per heavy atom. The molecule has 0 unspecified atom stereocenters. The summed E-state index contributed by atoms with van der Waals surface area (Å²) in [5, 5.41) is 6.19. The molecule has 84 valence electrons. The number of hydrogen-bond acceptors (Lipinski definition) is 2. The Bertz CT molecular complexity index is 410. The van der Waals surface area contributed by atoms with Gasteiger partial charge in [-0.1, -0.05) is 17.2 Å². The topological polar surface area (TPSA) is 77.9 Å². The second-order valence-electron chi connectivity index (χ2n) is 3.44. The van der Waals surface area contributed by atoms with Crippen molar-refractivity contribution in [3.63, 3.8) is 0 Å². The second kappa shape index (κ2) is 6.48. The van der Waals surface area contributed by atoms with Gasteiger partial charge in [0, 0.05) is 24.1 Å². The van der Waals surface area contributed by atoms with Crippen LogP contribution in [0.3, 0.4) is 0 Å². The van der Waals surface area contributed by atoms with Gasteiger partial charge in [0.2, 0.25) is 5.91 Å². The zero-order valence-corrected chi connectivity index (χ0v) is 9.18. The highest BCUT2D eigenvalue weighted by molar-refractivity contribution is 5.88. The van der Waals surface area contributed by atoms with Crippen LogP contribution in [0.5, 0.6) is 0 Å². The molecule has 0 saturated heterocycles. The highest BCUT2D eigenvalue weighted by Crippen LogP contribution is 2.12. The molecule has 0 radical (unpaired) electrons. The Hall–Kier alpha value is -2.00. The van der Waals surface area contributed by atoms with E-state index in [-0.39, 0.29) is 5.91 Å². The van der Waals surface area contributed by atoms with Crippen LogP contribution in [-0.4, -0.2) is 12.5 Å². The van der Waals surface area contributed by atoms with Gasteiger partial charge in [0.1, 0.15) is 0 Å². The van der Waals surface area contributed by atoms with Gasteiger partial charge in [-0.15, -0.1) is 0 Å². The Balaban J connectivity index is 2.53. The summed E-state index contributed by atoms with van der Waals surface area (Å²) in [7, 11) is 0. The van der Waals surface area contributed by atoms with Crippen LogP contribution >= 0.6 is 0 Å². The van der Waals surface area contributed by atoms with Crippen molar-refractivity contribution in [2.45, 2.75) is 19.8 Å². The summed E-state index contributed by atoms with van der Waals surface area (Å²) in [6, 6.07) is 7.66. The second-order valence-corrected chi connectivity index (χ2v) is 3.44. The van der Waals surface area contributed by atoms with E-state index in [0.717, 1.165) is 24.1 Å². The Morgan fingerprint density at radius 2 is 2.38 bits per heavy atom. The standard InChI is InChI=1S/C11H14N4O/c1-9(16)14-11-6-2-4-10(8-11)5-3-7-13-15-12/h2,4,6,8H,3,5,7H2,1H3,(H,14,16). The Kier molecular flexibility index (Phi) is 4.89. The highest BCUT2D eigenvalue weighted by atomic mass is 16.1. The number of hydrogen-bond donors (Lipinski definition) is 1. The molecule has 0 fully saturated rings. The lowest BCUT2D eigenvalue weighted by molar-refractivity contribution is -0.114. The molecule has 0 aliphatic carbocycles. The summed E-state index contributed by atoms with van der Waals surface area (Å²) < 4.78 is 0. The van der Waals surface area contributed by atoms with Gasteiger partial charge in [0.05, 0.1) is 0 Å². The van der Waals surface area contributed by atoms with Crippen molar-refractivity contribution < 1.29 is 4.79 Å². The number of benzene rings is 1. The van der Waals surface area contributed by atoms with Crippen molar-refractivity contribution in [2.75, 3.05) is 11.9 Å². The van der Waals surface area contributed by atoms with Crippen LogP contribution in [-0.2, 0) is 11.2 Å². The number of aryl methyl sites for hydroxylation is 1. The van der Waals surface area contributed by atoms with Gasteiger partial charge < -0.3 is 5.32 Å². The molecule has 1 aromatic rings. The van der Waals surface area contributed by atoms with Crippen LogP contribution in [0.1, 0.15) is 18.9 Å². The van der Waals surface area contributed by atoms with Crippen LogP contribution in [0.15, 0.2) is 29.4 Å². The first-order chi connectivity index (χ1) is 7.72. The maximum Gasteiger partial charge on any atom is 0.221 e. The maximum atomic E-state index is 10.9. The van der Waals surface area contributed by atoms with Crippen LogP contribution in [0.25, 0.3) is 10.4 Å². The summed E-state index contributed by atoms with van der Waals surface area (Å²) >= 11 is 0. The predicted octanol–water partition coefficient (Wildman–Crippen LogP) is 2.89. The summed E-state index contributed by atoms with van der Waals surface area (Å²) in [6.07, 6.45) is 1.65. The summed E-state index contributed by atoms with van der Waals surface area (Å²) in [4.78, 5) is 13.5.